The fourth-order valence-corrected chi connectivity index (χ4v) is 5.31. The van der Waals surface area contributed by atoms with E-state index in [1.807, 2.05) is 84.4 Å². The van der Waals surface area contributed by atoms with Crippen molar-refractivity contribution in [2.45, 2.75) is 50.1 Å². The molecule has 0 spiro atoms. The lowest BCUT2D eigenvalue weighted by Crippen LogP contribution is -2.31. The zero-order valence-electron chi connectivity index (χ0n) is 22.3. The molecular weight excluding hydrogens is 506 g/mol. The van der Waals surface area contributed by atoms with Crippen molar-refractivity contribution in [3.63, 3.8) is 0 Å². The van der Waals surface area contributed by atoms with Crippen LogP contribution in [0.2, 0.25) is 0 Å². The quantitative estimate of drug-likeness (QED) is 0.157. The maximum atomic E-state index is 13.7. The normalized spacial score (nSPS) is 14.5. The largest absolute Gasteiger partial charge is 0.494 e. The summed E-state index contributed by atoms with van der Waals surface area (Å²) in [6.45, 7) is 4.78. The Morgan fingerprint density at radius 1 is 1.00 bits per heavy atom. The molecule has 8 heteroatoms. The molecule has 1 amide bonds. The number of ether oxygens (including phenoxy) is 1. The van der Waals surface area contributed by atoms with Gasteiger partial charge in [0.25, 0.3) is 5.91 Å². The van der Waals surface area contributed by atoms with Gasteiger partial charge in [0.2, 0.25) is 11.1 Å². The van der Waals surface area contributed by atoms with Crippen LogP contribution in [0.15, 0.2) is 101 Å². The Balaban J connectivity index is 1.44. The number of thioether (sulfide) groups is 1. The first-order valence-corrected chi connectivity index (χ1v) is 14.3. The zero-order chi connectivity index (χ0) is 27.0. The number of amides is 1. The van der Waals surface area contributed by atoms with Gasteiger partial charge in [-0.2, -0.15) is 4.98 Å². The highest BCUT2D eigenvalue weighted by Crippen LogP contribution is 2.37. The van der Waals surface area contributed by atoms with Gasteiger partial charge in [-0.25, -0.2) is 4.68 Å². The maximum absolute atomic E-state index is 13.7. The Bertz CT molecular complexity index is 1420. The minimum atomic E-state index is -0.447. The number of aromatic nitrogens is 3. The summed E-state index contributed by atoms with van der Waals surface area (Å²) in [4.78, 5) is 18.4. The minimum Gasteiger partial charge on any atom is -0.494 e. The summed E-state index contributed by atoms with van der Waals surface area (Å²) >= 11 is 1.57. The molecule has 1 atom stereocenters. The first-order chi connectivity index (χ1) is 19.1. The Morgan fingerprint density at radius 2 is 1.72 bits per heavy atom. The first kappa shape index (κ1) is 26.6. The number of carbonyl (C=O) groups is 1. The van der Waals surface area contributed by atoms with Crippen molar-refractivity contribution in [3.05, 3.63) is 107 Å². The minimum absolute atomic E-state index is 0.185. The van der Waals surface area contributed by atoms with Gasteiger partial charge in [0.15, 0.2) is 0 Å². The van der Waals surface area contributed by atoms with Crippen LogP contribution in [0.1, 0.15) is 50.3 Å². The zero-order valence-corrected chi connectivity index (χ0v) is 23.1. The van der Waals surface area contributed by atoms with Crippen LogP contribution in [0.5, 0.6) is 5.75 Å². The van der Waals surface area contributed by atoms with Gasteiger partial charge < -0.3 is 15.4 Å². The number of carbonyl (C=O) groups excluding carboxylic acids is 1. The fourth-order valence-electron chi connectivity index (χ4n) is 4.53. The van der Waals surface area contributed by atoms with Crippen molar-refractivity contribution in [1.82, 2.24) is 14.8 Å². The van der Waals surface area contributed by atoms with E-state index in [4.69, 9.17) is 14.8 Å². The summed E-state index contributed by atoms with van der Waals surface area (Å²) in [5.41, 5.74) is 4.20. The second-order valence-electron chi connectivity index (χ2n) is 9.45. The summed E-state index contributed by atoms with van der Waals surface area (Å²) in [5.74, 6) is 2.00. The van der Waals surface area contributed by atoms with Gasteiger partial charge in [0.05, 0.1) is 12.2 Å². The Kier molecular flexibility index (Phi) is 8.63. The van der Waals surface area contributed by atoms with Crippen LogP contribution in [0, 0.1) is 0 Å². The van der Waals surface area contributed by atoms with Gasteiger partial charge in [-0.1, -0.05) is 92.2 Å². The summed E-state index contributed by atoms with van der Waals surface area (Å²) in [7, 11) is 0. The molecule has 39 heavy (non-hydrogen) atoms. The molecule has 5 rings (SSSR count). The standard InChI is InChI=1S/C31H33N5O2S/c1-3-4-11-20-38-26-18-16-24(17-19-26)28-27(29(37)33-25-14-9-6-10-15-25)22(2)32-30-34-31(35-36(28)30)39-21-23-12-7-5-8-13-23/h5-10,12-19,28H,3-4,11,20-21H2,1-2H3,(H,33,37)(H,32,34,35). The molecule has 0 bridgehead atoms. The van der Waals surface area contributed by atoms with Crippen LogP contribution < -0.4 is 15.4 Å². The van der Waals surface area contributed by atoms with Crippen LogP contribution in [0.3, 0.4) is 0 Å². The molecule has 0 saturated heterocycles. The molecule has 1 unspecified atom stereocenters. The van der Waals surface area contributed by atoms with E-state index < -0.39 is 6.04 Å². The molecule has 2 heterocycles. The number of hydrogen-bond donors (Lipinski definition) is 2. The molecule has 1 aliphatic rings. The summed E-state index contributed by atoms with van der Waals surface area (Å²) in [6.07, 6.45) is 3.34. The Labute approximate surface area is 233 Å². The van der Waals surface area contributed by atoms with Crippen molar-refractivity contribution in [1.29, 1.82) is 0 Å². The molecule has 3 aromatic carbocycles. The molecule has 4 aromatic rings. The van der Waals surface area contributed by atoms with Crippen LogP contribution in [0.4, 0.5) is 11.6 Å². The maximum Gasteiger partial charge on any atom is 0.255 e. The molecule has 0 fully saturated rings. The van der Waals surface area contributed by atoms with Crippen LogP contribution in [-0.2, 0) is 10.5 Å². The number of unbranched alkanes of at least 4 members (excludes halogenated alkanes) is 2. The van der Waals surface area contributed by atoms with Gasteiger partial charge in [0.1, 0.15) is 11.8 Å². The van der Waals surface area contributed by atoms with Crippen molar-refractivity contribution in [2.75, 3.05) is 17.2 Å². The van der Waals surface area contributed by atoms with Crippen molar-refractivity contribution in [2.24, 2.45) is 0 Å². The number of hydrogen-bond acceptors (Lipinski definition) is 6. The van der Waals surface area contributed by atoms with Gasteiger partial charge >= 0.3 is 0 Å². The van der Waals surface area contributed by atoms with E-state index in [-0.39, 0.29) is 5.91 Å². The first-order valence-electron chi connectivity index (χ1n) is 13.3. The molecule has 0 saturated carbocycles. The number of nitrogens with zero attached hydrogens (tertiary/aromatic N) is 3. The SMILES string of the molecule is CCCCCOc1ccc(C2C(C(=O)Nc3ccccc3)=C(C)Nc3nc(SCc4ccccc4)nn32)cc1. The highest BCUT2D eigenvalue weighted by Gasteiger charge is 2.34. The lowest BCUT2D eigenvalue weighted by molar-refractivity contribution is -0.113. The van der Waals surface area contributed by atoms with Gasteiger partial charge in [0, 0.05) is 17.1 Å². The number of rotatable bonds is 11. The average molecular weight is 540 g/mol. The molecule has 1 aromatic heterocycles. The van der Waals surface area contributed by atoms with E-state index in [0.29, 0.717) is 23.3 Å². The molecule has 2 N–H and O–H groups in total. The van der Waals surface area contributed by atoms with Gasteiger partial charge in [-0.05, 0) is 48.7 Å². The molecule has 7 nitrogen and oxygen atoms in total. The Morgan fingerprint density at radius 3 is 2.44 bits per heavy atom. The number of para-hydroxylation sites is 1. The lowest BCUT2D eigenvalue weighted by atomic mass is 9.95. The topological polar surface area (TPSA) is 81.1 Å². The van der Waals surface area contributed by atoms with Gasteiger partial charge in [-0.3, -0.25) is 4.79 Å². The Hall–Kier alpha value is -4.04. The van der Waals surface area contributed by atoms with Gasteiger partial charge in [-0.15, -0.1) is 5.10 Å². The fraction of sp³-hybridized carbons (Fsp3) is 0.258. The average Bonchev–Trinajstić information content (AvgIpc) is 3.37. The second-order valence-corrected chi connectivity index (χ2v) is 10.4. The van der Waals surface area contributed by atoms with Crippen molar-refractivity contribution < 1.29 is 9.53 Å². The van der Waals surface area contributed by atoms with E-state index in [1.54, 1.807) is 11.8 Å². The summed E-state index contributed by atoms with van der Waals surface area (Å²) in [5, 5.41) is 11.9. The highest BCUT2D eigenvalue weighted by molar-refractivity contribution is 7.98. The third kappa shape index (κ3) is 6.52. The van der Waals surface area contributed by atoms with Crippen LogP contribution in [-0.4, -0.2) is 27.3 Å². The van der Waals surface area contributed by atoms with E-state index >= 15 is 0 Å². The molecule has 0 radical (unpaired) electrons. The number of anilines is 2. The second kappa shape index (κ2) is 12.7. The van der Waals surface area contributed by atoms with E-state index in [2.05, 4.69) is 29.7 Å². The van der Waals surface area contributed by atoms with Crippen molar-refractivity contribution in [3.8, 4) is 5.75 Å². The molecule has 0 aliphatic carbocycles. The summed E-state index contributed by atoms with van der Waals surface area (Å²) in [6, 6.07) is 27.2. The third-order valence-corrected chi connectivity index (χ3v) is 7.44. The monoisotopic (exact) mass is 539 g/mol. The van der Waals surface area contributed by atoms with E-state index in [1.165, 1.54) is 5.56 Å². The third-order valence-electron chi connectivity index (χ3n) is 6.53. The lowest BCUT2D eigenvalue weighted by Gasteiger charge is -2.28. The number of benzene rings is 3. The van der Waals surface area contributed by atoms with Crippen LogP contribution in [0.25, 0.3) is 0 Å². The van der Waals surface area contributed by atoms with E-state index in [9.17, 15) is 4.79 Å². The predicted molar refractivity (Wildman–Crippen MR) is 157 cm³/mol. The van der Waals surface area contributed by atoms with E-state index in [0.717, 1.165) is 47.7 Å². The smallest absolute Gasteiger partial charge is 0.255 e. The number of fused-ring (bicyclic) bond motifs is 1. The van der Waals surface area contributed by atoms with Crippen LogP contribution >= 0.6 is 11.8 Å². The number of allylic oxidation sites excluding steroid dienone is 1. The number of nitrogens with one attached hydrogen (secondary N) is 2. The summed E-state index contributed by atoms with van der Waals surface area (Å²) < 4.78 is 7.75. The molecule has 1 aliphatic heterocycles. The molecule has 200 valence electrons. The van der Waals surface area contributed by atoms with Crippen molar-refractivity contribution >= 4 is 29.3 Å². The highest BCUT2D eigenvalue weighted by atomic mass is 32.2. The predicted octanol–water partition coefficient (Wildman–Crippen LogP) is 7.07. The molecular formula is C31H33N5O2S.